The molecule has 0 radical (unpaired) electrons. The first-order chi connectivity index (χ1) is 5.43. The standard InChI is InChI=1S/C7H12N4O/c1-7(2,8)6(12)5-4-9-10-11(5)3/h4H,8H2,1-3H3. The maximum atomic E-state index is 11.5. The molecule has 0 aliphatic heterocycles. The molecule has 1 aromatic heterocycles. The van der Waals surface area contributed by atoms with Crippen LogP contribution in [0.1, 0.15) is 24.3 Å². The number of ketones is 1. The lowest BCUT2D eigenvalue weighted by atomic mass is 9.99. The van der Waals surface area contributed by atoms with E-state index in [4.69, 9.17) is 5.73 Å². The fraction of sp³-hybridized carbons (Fsp3) is 0.571. The van der Waals surface area contributed by atoms with E-state index in [1.807, 2.05) is 0 Å². The molecule has 0 amide bonds. The van der Waals surface area contributed by atoms with Gasteiger partial charge in [0.1, 0.15) is 5.69 Å². The van der Waals surface area contributed by atoms with Gasteiger partial charge in [-0.05, 0) is 13.8 Å². The molecular formula is C7H12N4O. The highest BCUT2D eigenvalue weighted by Crippen LogP contribution is 2.07. The summed E-state index contributed by atoms with van der Waals surface area (Å²) in [5.74, 6) is -0.157. The van der Waals surface area contributed by atoms with Gasteiger partial charge in [-0.1, -0.05) is 5.21 Å². The minimum absolute atomic E-state index is 0.157. The predicted octanol–water partition coefficient (Wildman–Crippen LogP) is -0.265. The molecule has 0 saturated carbocycles. The summed E-state index contributed by atoms with van der Waals surface area (Å²) in [6.07, 6.45) is 1.41. The summed E-state index contributed by atoms with van der Waals surface area (Å²) in [5.41, 5.74) is 5.19. The molecule has 66 valence electrons. The molecule has 12 heavy (non-hydrogen) atoms. The van der Waals surface area contributed by atoms with E-state index in [0.717, 1.165) is 0 Å². The number of carbonyl (C=O) groups is 1. The quantitative estimate of drug-likeness (QED) is 0.617. The summed E-state index contributed by atoms with van der Waals surface area (Å²) in [7, 11) is 1.66. The van der Waals surface area contributed by atoms with E-state index in [1.165, 1.54) is 10.9 Å². The first-order valence-electron chi connectivity index (χ1n) is 3.61. The number of Topliss-reactive ketones (excluding diaryl/α,β-unsaturated/α-hetero) is 1. The number of aromatic nitrogens is 3. The van der Waals surface area contributed by atoms with Crippen LogP contribution in [0.2, 0.25) is 0 Å². The normalized spacial score (nSPS) is 11.7. The van der Waals surface area contributed by atoms with Crippen molar-refractivity contribution >= 4 is 5.78 Å². The molecule has 5 nitrogen and oxygen atoms in total. The molecule has 0 saturated heterocycles. The topological polar surface area (TPSA) is 73.8 Å². The molecule has 0 fully saturated rings. The van der Waals surface area contributed by atoms with Crippen LogP contribution in [0, 0.1) is 0 Å². The van der Waals surface area contributed by atoms with Gasteiger partial charge in [0.2, 0.25) is 5.78 Å². The SMILES string of the molecule is Cn1nncc1C(=O)C(C)(C)N. The summed E-state index contributed by atoms with van der Waals surface area (Å²) < 4.78 is 1.41. The third-order valence-corrected chi connectivity index (χ3v) is 1.53. The Morgan fingerprint density at radius 2 is 2.25 bits per heavy atom. The van der Waals surface area contributed by atoms with Gasteiger partial charge in [-0.3, -0.25) is 4.79 Å². The van der Waals surface area contributed by atoms with E-state index in [-0.39, 0.29) is 5.78 Å². The second kappa shape index (κ2) is 2.67. The van der Waals surface area contributed by atoms with E-state index in [0.29, 0.717) is 5.69 Å². The Morgan fingerprint density at radius 1 is 1.67 bits per heavy atom. The average Bonchev–Trinajstić information content (AvgIpc) is 2.31. The van der Waals surface area contributed by atoms with Crippen LogP contribution in [0.15, 0.2) is 6.20 Å². The molecule has 1 heterocycles. The van der Waals surface area contributed by atoms with Gasteiger partial charge in [0.05, 0.1) is 11.7 Å². The molecule has 2 N–H and O–H groups in total. The lowest BCUT2D eigenvalue weighted by molar-refractivity contribution is 0.0904. The summed E-state index contributed by atoms with van der Waals surface area (Å²) in [4.78, 5) is 11.5. The largest absolute Gasteiger partial charge is 0.319 e. The van der Waals surface area contributed by atoms with Gasteiger partial charge >= 0.3 is 0 Å². The Morgan fingerprint density at radius 3 is 2.58 bits per heavy atom. The Kier molecular flexibility index (Phi) is 1.97. The van der Waals surface area contributed by atoms with Crippen molar-refractivity contribution in [3.05, 3.63) is 11.9 Å². The third-order valence-electron chi connectivity index (χ3n) is 1.53. The van der Waals surface area contributed by atoms with E-state index in [9.17, 15) is 4.79 Å². The Balaban J connectivity index is 3.01. The van der Waals surface area contributed by atoms with Gasteiger partial charge in [0.15, 0.2) is 0 Å². The number of hydrogen-bond acceptors (Lipinski definition) is 4. The second-order valence-corrected chi connectivity index (χ2v) is 3.29. The lowest BCUT2D eigenvalue weighted by Gasteiger charge is -2.15. The Labute approximate surface area is 70.6 Å². The van der Waals surface area contributed by atoms with Crippen molar-refractivity contribution in [3.63, 3.8) is 0 Å². The van der Waals surface area contributed by atoms with E-state index < -0.39 is 5.54 Å². The number of carbonyl (C=O) groups excluding carboxylic acids is 1. The highest BCUT2D eigenvalue weighted by atomic mass is 16.1. The second-order valence-electron chi connectivity index (χ2n) is 3.29. The Hall–Kier alpha value is -1.23. The molecule has 0 aliphatic carbocycles. The first-order valence-corrected chi connectivity index (χ1v) is 3.61. The van der Waals surface area contributed by atoms with Crippen LogP contribution in [-0.2, 0) is 7.05 Å². The molecule has 1 aromatic rings. The highest BCUT2D eigenvalue weighted by molar-refractivity contribution is 6.00. The van der Waals surface area contributed by atoms with Gasteiger partial charge < -0.3 is 5.73 Å². The number of hydrogen-bond donors (Lipinski definition) is 1. The fourth-order valence-electron chi connectivity index (χ4n) is 0.825. The van der Waals surface area contributed by atoms with Crippen molar-refractivity contribution in [2.45, 2.75) is 19.4 Å². The van der Waals surface area contributed by atoms with Crippen molar-refractivity contribution in [2.24, 2.45) is 12.8 Å². The van der Waals surface area contributed by atoms with Crippen molar-refractivity contribution < 1.29 is 4.79 Å². The van der Waals surface area contributed by atoms with Crippen LogP contribution < -0.4 is 5.73 Å². The molecule has 0 aromatic carbocycles. The van der Waals surface area contributed by atoms with E-state index in [1.54, 1.807) is 20.9 Å². The van der Waals surface area contributed by atoms with Crippen molar-refractivity contribution in [1.82, 2.24) is 15.0 Å². The van der Waals surface area contributed by atoms with Crippen LogP contribution in [0.4, 0.5) is 0 Å². The maximum absolute atomic E-state index is 11.5. The zero-order chi connectivity index (χ0) is 9.35. The monoisotopic (exact) mass is 168 g/mol. The number of nitrogens with two attached hydrogens (primary N) is 1. The fourth-order valence-corrected chi connectivity index (χ4v) is 0.825. The minimum Gasteiger partial charge on any atom is -0.319 e. The van der Waals surface area contributed by atoms with E-state index in [2.05, 4.69) is 10.3 Å². The van der Waals surface area contributed by atoms with Crippen LogP contribution in [0.25, 0.3) is 0 Å². The van der Waals surface area contributed by atoms with Crippen LogP contribution >= 0.6 is 0 Å². The molecular weight excluding hydrogens is 156 g/mol. The molecule has 0 spiro atoms. The summed E-state index contributed by atoms with van der Waals surface area (Å²) in [6, 6.07) is 0. The Bertz CT molecular complexity index is 297. The van der Waals surface area contributed by atoms with Gasteiger partial charge in [0.25, 0.3) is 0 Å². The van der Waals surface area contributed by atoms with Crippen LogP contribution in [0.3, 0.4) is 0 Å². The van der Waals surface area contributed by atoms with Gasteiger partial charge in [-0.15, -0.1) is 5.10 Å². The molecule has 0 bridgehead atoms. The van der Waals surface area contributed by atoms with Crippen molar-refractivity contribution in [3.8, 4) is 0 Å². The van der Waals surface area contributed by atoms with Crippen molar-refractivity contribution in [1.29, 1.82) is 0 Å². The average molecular weight is 168 g/mol. The molecule has 0 unspecified atom stereocenters. The van der Waals surface area contributed by atoms with E-state index >= 15 is 0 Å². The zero-order valence-corrected chi connectivity index (χ0v) is 7.40. The van der Waals surface area contributed by atoms with Crippen LogP contribution in [0.5, 0.6) is 0 Å². The van der Waals surface area contributed by atoms with Crippen molar-refractivity contribution in [2.75, 3.05) is 0 Å². The summed E-state index contributed by atoms with van der Waals surface area (Å²) in [5, 5.41) is 7.23. The van der Waals surface area contributed by atoms with Gasteiger partial charge in [-0.25, -0.2) is 4.68 Å². The third kappa shape index (κ3) is 1.50. The molecule has 5 heteroatoms. The number of rotatable bonds is 2. The number of aryl methyl sites for hydroxylation is 1. The molecule has 0 atom stereocenters. The molecule has 0 aliphatic rings. The predicted molar refractivity (Wildman–Crippen MR) is 43.6 cm³/mol. The lowest BCUT2D eigenvalue weighted by Crippen LogP contribution is -2.42. The highest BCUT2D eigenvalue weighted by Gasteiger charge is 2.26. The van der Waals surface area contributed by atoms with Gasteiger partial charge in [0, 0.05) is 7.05 Å². The smallest absolute Gasteiger partial charge is 0.201 e. The summed E-state index contributed by atoms with van der Waals surface area (Å²) in [6.45, 7) is 3.31. The number of nitrogens with zero attached hydrogens (tertiary/aromatic N) is 3. The minimum atomic E-state index is -0.866. The summed E-state index contributed by atoms with van der Waals surface area (Å²) >= 11 is 0. The maximum Gasteiger partial charge on any atom is 0.201 e. The molecule has 1 rings (SSSR count). The first kappa shape index (κ1) is 8.86. The van der Waals surface area contributed by atoms with Gasteiger partial charge in [-0.2, -0.15) is 0 Å². The zero-order valence-electron chi connectivity index (χ0n) is 7.40. The van der Waals surface area contributed by atoms with Crippen LogP contribution in [-0.4, -0.2) is 26.3 Å².